The number of carbonyl (C=O) groups excluding carboxylic acids is 1. The summed E-state index contributed by atoms with van der Waals surface area (Å²) in [4.78, 5) is 20.5. The lowest BCUT2D eigenvalue weighted by molar-refractivity contribution is -0.142. The molecule has 1 aromatic heterocycles. The lowest BCUT2D eigenvalue weighted by Gasteiger charge is -2.55. The summed E-state index contributed by atoms with van der Waals surface area (Å²) in [6.45, 7) is 11.8. The van der Waals surface area contributed by atoms with Gasteiger partial charge in [0.25, 0.3) is 5.91 Å². The maximum Gasteiger partial charge on any atom is 0.254 e. The first-order chi connectivity index (χ1) is 14.6. The molecule has 0 radical (unpaired) electrons. The van der Waals surface area contributed by atoms with Gasteiger partial charge < -0.3 is 4.57 Å². The van der Waals surface area contributed by atoms with Crippen LogP contribution in [0.15, 0.2) is 29.3 Å². The third-order valence-electron chi connectivity index (χ3n) is 8.24. The SMILES string of the molecule is Cc1sc(=NC(=O)C23CC4CC(CC(C4)C2)C3)n(Cc2ccc(C(C)(C)C)cc2)c1C. The number of thiazole rings is 1. The van der Waals surface area contributed by atoms with Gasteiger partial charge in [0.1, 0.15) is 0 Å². The largest absolute Gasteiger partial charge is 0.316 e. The Labute approximate surface area is 190 Å². The van der Waals surface area contributed by atoms with E-state index in [0.29, 0.717) is 0 Å². The molecule has 3 nitrogen and oxygen atoms in total. The highest BCUT2D eigenvalue weighted by Gasteiger charge is 2.54. The van der Waals surface area contributed by atoms with Crippen molar-refractivity contribution in [2.75, 3.05) is 0 Å². The summed E-state index contributed by atoms with van der Waals surface area (Å²) in [5.41, 5.74) is 3.83. The van der Waals surface area contributed by atoms with Crippen molar-refractivity contribution in [1.82, 2.24) is 4.57 Å². The Morgan fingerprint density at radius 3 is 2.10 bits per heavy atom. The van der Waals surface area contributed by atoms with Gasteiger partial charge >= 0.3 is 0 Å². The molecule has 0 N–H and O–H groups in total. The molecule has 4 saturated carbocycles. The molecule has 4 aliphatic rings. The number of amides is 1. The molecule has 6 rings (SSSR count). The van der Waals surface area contributed by atoms with Crippen LogP contribution in [-0.4, -0.2) is 10.5 Å². The molecule has 31 heavy (non-hydrogen) atoms. The van der Waals surface area contributed by atoms with Gasteiger partial charge in [-0.15, -0.1) is 11.3 Å². The Morgan fingerprint density at radius 1 is 1.03 bits per heavy atom. The van der Waals surface area contributed by atoms with Crippen molar-refractivity contribution < 1.29 is 4.79 Å². The van der Waals surface area contributed by atoms with Crippen molar-refractivity contribution in [2.45, 2.75) is 85.1 Å². The Kier molecular flexibility index (Phi) is 5.08. The van der Waals surface area contributed by atoms with Crippen LogP contribution in [0.2, 0.25) is 0 Å². The van der Waals surface area contributed by atoms with Gasteiger partial charge in [0.05, 0.1) is 12.0 Å². The highest BCUT2D eigenvalue weighted by atomic mass is 32.1. The highest BCUT2D eigenvalue weighted by Crippen LogP contribution is 2.60. The topological polar surface area (TPSA) is 34.4 Å². The van der Waals surface area contributed by atoms with Crippen LogP contribution in [-0.2, 0) is 16.8 Å². The van der Waals surface area contributed by atoms with Crippen molar-refractivity contribution in [3.63, 3.8) is 0 Å². The summed E-state index contributed by atoms with van der Waals surface area (Å²) in [7, 11) is 0. The van der Waals surface area contributed by atoms with Crippen molar-refractivity contribution >= 4 is 17.2 Å². The average molecular weight is 437 g/mol. The molecule has 0 spiro atoms. The second-order valence-corrected chi connectivity index (χ2v) is 12.9. The minimum Gasteiger partial charge on any atom is -0.316 e. The van der Waals surface area contributed by atoms with E-state index in [9.17, 15) is 4.79 Å². The summed E-state index contributed by atoms with van der Waals surface area (Å²) in [6, 6.07) is 8.93. The molecule has 1 aromatic carbocycles. The molecular weight excluding hydrogens is 400 g/mol. The number of carbonyl (C=O) groups is 1. The molecule has 4 bridgehead atoms. The van der Waals surface area contributed by atoms with Crippen molar-refractivity contribution in [3.05, 3.63) is 50.8 Å². The van der Waals surface area contributed by atoms with E-state index in [4.69, 9.17) is 4.99 Å². The smallest absolute Gasteiger partial charge is 0.254 e. The number of nitrogens with zero attached hydrogens (tertiary/aromatic N) is 2. The summed E-state index contributed by atoms with van der Waals surface area (Å²) in [5, 5.41) is 0. The number of hydrogen-bond acceptors (Lipinski definition) is 2. The monoisotopic (exact) mass is 436 g/mol. The second kappa shape index (κ2) is 7.43. The maximum atomic E-state index is 13.6. The molecule has 2 aromatic rings. The van der Waals surface area contributed by atoms with Crippen LogP contribution >= 0.6 is 11.3 Å². The van der Waals surface area contributed by atoms with Gasteiger partial charge in [-0.25, -0.2) is 0 Å². The van der Waals surface area contributed by atoms with E-state index in [-0.39, 0.29) is 16.7 Å². The Balaban J connectivity index is 1.45. The van der Waals surface area contributed by atoms with E-state index in [0.717, 1.165) is 48.4 Å². The fourth-order valence-corrected chi connectivity index (χ4v) is 7.71. The fraction of sp³-hybridized carbons (Fsp3) is 0.630. The predicted octanol–water partition coefficient (Wildman–Crippen LogP) is 6.16. The standard InChI is InChI=1S/C27H36N2OS/c1-17-18(2)31-25(29(17)16-19-6-8-23(9-7-19)26(3,4)5)28-24(30)27-13-20-10-21(14-27)12-22(11-20)15-27/h6-9,20-22H,10-16H2,1-5H3. The summed E-state index contributed by atoms with van der Waals surface area (Å²) in [6.07, 6.45) is 7.31. The molecule has 0 atom stereocenters. The van der Waals surface area contributed by atoms with Crippen molar-refractivity contribution in [1.29, 1.82) is 0 Å². The average Bonchev–Trinajstić information content (AvgIpc) is 2.94. The molecule has 0 unspecified atom stereocenters. The number of aromatic nitrogens is 1. The lowest BCUT2D eigenvalue weighted by atomic mass is 9.49. The zero-order valence-electron chi connectivity index (χ0n) is 19.7. The maximum absolute atomic E-state index is 13.6. The van der Waals surface area contributed by atoms with Gasteiger partial charge in [-0.1, -0.05) is 45.0 Å². The summed E-state index contributed by atoms with van der Waals surface area (Å²) < 4.78 is 2.25. The highest BCUT2D eigenvalue weighted by molar-refractivity contribution is 7.09. The molecule has 4 heteroatoms. The van der Waals surface area contributed by atoms with Crippen LogP contribution in [0.4, 0.5) is 0 Å². The molecule has 1 amide bonds. The van der Waals surface area contributed by atoms with Crippen molar-refractivity contribution in [2.24, 2.45) is 28.2 Å². The Bertz CT molecular complexity index is 1030. The predicted molar refractivity (Wildman–Crippen MR) is 127 cm³/mol. The summed E-state index contributed by atoms with van der Waals surface area (Å²) >= 11 is 1.68. The minimum absolute atomic E-state index is 0.158. The molecule has 1 heterocycles. The molecule has 4 aliphatic carbocycles. The van der Waals surface area contributed by atoms with Crippen molar-refractivity contribution in [3.8, 4) is 0 Å². The number of benzene rings is 1. The minimum atomic E-state index is -0.160. The molecule has 4 fully saturated rings. The Hall–Kier alpha value is -1.68. The fourth-order valence-electron chi connectivity index (χ4n) is 6.74. The van der Waals surface area contributed by atoms with Gasteiger partial charge in [0.15, 0.2) is 4.80 Å². The number of hydrogen-bond donors (Lipinski definition) is 0. The zero-order valence-corrected chi connectivity index (χ0v) is 20.5. The van der Waals surface area contributed by atoms with Crippen LogP contribution in [0.1, 0.15) is 81.0 Å². The third-order valence-corrected chi connectivity index (χ3v) is 9.34. The first-order valence-electron chi connectivity index (χ1n) is 12.0. The quantitative estimate of drug-likeness (QED) is 0.568. The summed E-state index contributed by atoms with van der Waals surface area (Å²) in [5.74, 6) is 2.48. The first-order valence-corrected chi connectivity index (χ1v) is 12.8. The van der Waals surface area contributed by atoms with Gasteiger partial charge in [-0.05, 0) is 86.7 Å². The molecular formula is C27H36N2OS. The van der Waals surface area contributed by atoms with E-state index in [1.807, 2.05) is 0 Å². The van der Waals surface area contributed by atoms with Gasteiger partial charge in [-0.2, -0.15) is 4.99 Å². The van der Waals surface area contributed by atoms with E-state index in [1.165, 1.54) is 41.0 Å². The van der Waals surface area contributed by atoms with Crippen LogP contribution in [0.3, 0.4) is 0 Å². The van der Waals surface area contributed by atoms with E-state index in [1.54, 1.807) is 11.3 Å². The van der Waals surface area contributed by atoms with Crippen LogP contribution in [0.5, 0.6) is 0 Å². The normalized spacial score (nSPS) is 30.2. The second-order valence-electron chi connectivity index (χ2n) is 11.7. The Morgan fingerprint density at radius 2 is 1.58 bits per heavy atom. The number of rotatable bonds is 3. The van der Waals surface area contributed by atoms with Gasteiger partial charge in [0, 0.05) is 10.6 Å². The van der Waals surface area contributed by atoms with E-state index in [2.05, 4.69) is 63.5 Å². The van der Waals surface area contributed by atoms with E-state index >= 15 is 0 Å². The molecule has 0 aliphatic heterocycles. The van der Waals surface area contributed by atoms with Gasteiger partial charge in [0.2, 0.25) is 0 Å². The first kappa shape index (κ1) is 21.2. The van der Waals surface area contributed by atoms with Crippen LogP contribution < -0.4 is 4.80 Å². The number of aryl methyl sites for hydroxylation is 1. The molecule has 166 valence electrons. The molecule has 0 saturated heterocycles. The zero-order chi connectivity index (χ0) is 22.0. The van der Waals surface area contributed by atoms with E-state index < -0.39 is 0 Å². The van der Waals surface area contributed by atoms with Gasteiger partial charge in [-0.3, -0.25) is 4.79 Å². The van der Waals surface area contributed by atoms with Crippen LogP contribution in [0.25, 0.3) is 0 Å². The lowest BCUT2D eigenvalue weighted by Crippen LogP contribution is -2.50. The van der Waals surface area contributed by atoms with Crippen LogP contribution in [0, 0.1) is 37.0 Å². The third kappa shape index (κ3) is 3.86.